The van der Waals surface area contributed by atoms with Crippen molar-refractivity contribution in [3.63, 3.8) is 0 Å². The van der Waals surface area contributed by atoms with Crippen molar-refractivity contribution in [1.82, 2.24) is 10.0 Å². The van der Waals surface area contributed by atoms with Crippen molar-refractivity contribution < 1.29 is 8.42 Å². The average Bonchev–Trinajstić information content (AvgIpc) is 2.29. The number of nitrogens with one attached hydrogen (secondary N) is 2. The largest absolute Gasteiger partial charge is 0.315 e. The molecular formula is C13H28N2O2S. The molecule has 1 fully saturated rings. The van der Waals surface area contributed by atoms with Crippen LogP contribution in [-0.2, 0) is 10.0 Å². The molecule has 0 saturated carbocycles. The van der Waals surface area contributed by atoms with Crippen LogP contribution in [0, 0.1) is 17.8 Å². The van der Waals surface area contributed by atoms with Gasteiger partial charge in [0.05, 0.1) is 5.25 Å². The van der Waals surface area contributed by atoms with E-state index in [1.54, 1.807) is 0 Å². The number of rotatable bonds is 6. The van der Waals surface area contributed by atoms with E-state index in [2.05, 4.69) is 37.7 Å². The van der Waals surface area contributed by atoms with Gasteiger partial charge in [-0.15, -0.1) is 0 Å². The van der Waals surface area contributed by atoms with Gasteiger partial charge in [-0.1, -0.05) is 27.7 Å². The lowest BCUT2D eigenvalue weighted by atomic mass is 9.86. The molecule has 0 aliphatic carbocycles. The van der Waals surface area contributed by atoms with Crippen LogP contribution in [0.5, 0.6) is 0 Å². The predicted octanol–water partition coefficient (Wildman–Crippen LogP) is 1.59. The van der Waals surface area contributed by atoms with Crippen LogP contribution in [0.25, 0.3) is 0 Å². The van der Waals surface area contributed by atoms with Gasteiger partial charge in [0.25, 0.3) is 0 Å². The topological polar surface area (TPSA) is 58.2 Å². The van der Waals surface area contributed by atoms with E-state index in [1.807, 2.05) is 0 Å². The van der Waals surface area contributed by atoms with Crippen molar-refractivity contribution in [2.45, 2.75) is 45.8 Å². The summed E-state index contributed by atoms with van der Waals surface area (Å²) >= 11 is 0. The third-order valence-electron chi connectivity index (χ3n) is 3.92. The zero-order valence-electron chi connectivity index (χ0n) is 12.1. The molecule has 1 rings (SSSR count). The van der Waals surface area contributed by atoms with Crippen LogP contribution >= 0.6 is 0 Å². The first kappa shape index (κ1) is 15.9. The standard InChI is InChI=1S/C13H28N2O2S/c1-10(2)13(11(3)4)9-15-18(16,17)12-6-5-7-14-8-12/h10-15H,5-9H2,1-4H3. The summed E-state index contributed by atoms with van der Waals surface area (Å²) in [7, 11) is -3.16. The first-order chi connectivity index (χ1) is 8.34. The Morgan fingerprint density at radius 2 is 1.83 bits per heavy atom. The highest BCUT2D eigenvalue weighted by molar-refractivity contribution is 7.90. The maximum absolute atomic E-state index is 12.2. The molecule has 1 unspecified atom stereocenters. The summed E-state index contributed by atoms with van der Waals surface area (Å²) in [5, 5.41) is 2.90. The molecule has 5 heteroatoms. The van der Waals surface area contributed by atoms with Crippen molar-refractivity contribution in [2.24, 2.45) is 17.8 Å². The second kappa shape index (κ2) is 6.87. The summed E-state index contributed by atoms with van der Waals surface area (Å²) in [4.78, 5) is 0. The summed E-state index contributed by atoms with van der Waals surface area (Å²) in [5.41, 5.74) is 0. The third kappa shape index (κ3) is 4.52. The van der Waals surface area contributed by atoms with Crippen molar-refractivity contribution in [3.8, 4) is 0 Å². The Labute approximate surface area is 112 Å². The molecule has 1 aliphatic heterocycles. The van der Waals surface area contributed by atoms with Crippen LogP contribution in [-0.4, -0.2) is 33.3 Å². The lowest BCUT2D eigenvalue weighted by molar-refractivity contribution is 0.288. The fraction of sp³-hybridized carbons (Fsp3) is 1.00. The van der Waals surface area contributed by atoms with Crippen LogP contribution in [0.1, 0.15) is 40.5 Å². The molecule has 1 atom stereocenters. The van der Waals surface area contributed by atoms with E-state index in [1.165, 1.54) is 0 Å². The summed E-state index contributed by atoms with van der Waals surface area (Å²) in [6.45, 7) is 10.7. The normalized spacial score (nSPS) is 22.1. The Bertz CT molecular complexity index is 325. The van der Waals surface area contributed by atoms with Gasteiger partial charge in [0.2, 0.25) is 10.0 Å². The van der Waals surface area contributed by atoms with Gasteiger partial charge in [-0.3, -0.25) is 0 Å². The van der Waals surface area contributed by atoms with Gasteiger partial charge in [0.1, 0.15) is 0 Å². The van der Waals surface area contributed by atoms with Crippen molar-refractivity contribution in [1.29, 1.82) is 0 Å². The van der Waals surface area contributed by atoms with Crippen LogP contribution in [0.2, 0.25) is 0 Å². The van der Waals surface area contributed by atoms with Gasteiger partial charge in [-0.05, 0) is 37.1 Å². The Hall–Kier alpha value is -0.130. The quantitative estimate of drug-likeness (QED) is 0.774. The minimum atomic E-state index is -3.16. The Morgan fingerprint density at radius 3 is 2.28 bits per heavy atom. The highest BCUT2D eigenvalue weighted by atomic mass is 32.2. The van der Waals surface area contributed by atoms with Gasteiger partial charge in [-0.25, -0.2) is 13.1 Å². The van der Waals surface area contributed by atoms with Crippen molar-refractivity contribution in [3.05, 3.63) is 0 Å². The SMILES string of the molecule is CC(C)C(CNS(=O)(=O)C1CCCNC1)C(C)C. The Morgan fingerprint density at radius 1 is 1.22 bits per heavy atom. The van der Waals surface area contributed by atoms with E-state index < -0.39 is 10.0 Å². The van der Waals surface area contributed by atoms with E-state index in [0.29, 0.717) is 30.8 Å². The Kier molecular flexibility index (Phi) is 6.08. The molecule has 0 aromatic rings. The molecule has 0 aromatic heterocycles. The van der Waals surface area contributed by atoms with E-state index >= 15 is 0 Å². The predicted molar refractivity (Wildman–Crippen MR) is 76.0 cm³/mol. The molecule has 2 N–H and O–H groups in total. The molecule has 1 heterocycles. The molecule has 0 bridgehead atoms. The summed E-state index contributed by atoms with van der Waals surface area (Å²) in [6.07, 6.45) is 1.72. The number of sulfonamides is 1. The summed E-state index contributed by atoms with van der Waals surface area (Å²) < 4.78 is 27.2. The molecular weight excluding hydrogens is 248 g/mol. The zero-order valence-corrected chi connectivity index (χ0v) is 12.9. The van der Waals surface area contributed by atoms with Gasteiger partial charge in [0.15, 0.2) is 0 Å². The molecule has 1 saturated heterocycles. The smallest absolute Gasteiger partial charge is 0.215 e. The van der Waals surface area contributed by atoms with Gasteiger partial charge in [-0.2, -0.15) is 0 Å². The van der Waals surface area contributed by atoms with E-state index in [0.717, 1.165) is 19.4 Å². The minimum absolute atomic E-state index is 0.258. The highest BCUT2D eigenvalue weighted by Crippen LogP contribution is 2.20. The molecule has 18 heavy (non-hydrogen) atoms. The minimum Gasteiger partial charge on any atom is -0.315 e. The second-order valence-corrected chi connectivity index (χ2v) is 8.06. The van der Waals surface area contributed by atoms with Gasteiger partial charge < -0.3 is 5.32 Å². The van der Waals surface area contributed by atoms with E-state index in [-0.39, 0.29) is 5.25 Å². The lowest BCUT2D eigenvalue weighted by Gasteiger charge is -2.28. The fourth-order valence-corrected chi connectivity index (χ4v) is 4.13. The van der Waals surface area contributed by atoms with Gasteiger partial charge in [0, 0.05) is 13.1 Å². The molecule has 0 radical (unpaired) electrons. The van der Waals surface area contributed by atoms with Crippen molar-refractivity contribution in [2.75, 3.05) is 19.6 Å². The van der Waals surface area contributed by atoms with Crippen LogP contribution in [0.4, 0.5) is 0 Å². The first-order valence-electron chi connectivity index (χ1n) is 7.03. The van der Waals surface area contributed by atoms with Crippen LogP contribution in [0.3, 0.4) is 0 Å². The third-order valence-corrected chi connectivity index (χ3v) is 5.77. The average molecular weight is 276 g/mol. The number of piperidine rings is 1. The molecule has 1 aliphatic rings. The first-order valence-corrected chi connectivity index (χ1v) is 8.58. The monoisotopic (exact) mass is 276 g/mol. The fourth-order valence-electron chi connectivity index (χ4n) is 2.66. The van der Waals surface area contributed by atoms with E-state index in [9.17, 15) is 8.42 Å². The van der Waals surface area contributed by atoms with Crippen LogP contribution in [0.15, 0.2) is 0 Å². The van der Waals surface area contributed by atoms with Crippen LogP contribution < -0.4 is 10.0 Å². The molecule has 4 nitrogen and oxygen atoms in total. The summed E-state index contributed by atoms with van der Waals surface area (Å²) in [6, 6.07) is 0. The highest BCUT2D eigenvalue weighted by Gasteiger charge is 2.28. The molecule has 108 valence electrons. The van der Waals surface area contributed by atoms with E-state index in [4.69, 9.17) is 0 Å². The zero-order chi connectivity index (χ0) is 13.8. The van der Waals surface area contributed by atoms with Crippen molar-refractivity contribution >= 4 is 10.0 Å². The number of hydrogen-bond donors (Lipinski definition) is 2. The lowest BCUT2D eigenvalue weighted by Crippen LogP contribution is -2.46. The molecule has 0 amide bonds. The van der Waals surface area contributed by atoms with Gasteiger partial charge >= 0.3 is 0 Å². The summed E-state index contributed by atoms with van der Waals surface area (Å²) in [5.74, 6) is 1.39. The number of hydrogen-bond acceptors (Lipinski definition) is 3. The maximum atomic E-state index is 12.2. The second-order valence-electron chi connectivity index (χ2n) is 6.01. The molecule has 0 spiro atoms. The Balaban J connectivity index is 2.54. The molecule has 0 aromatic carbocycles. The maximum Gasteiger partial charge on any atom is 0.215 e.